The van der Waals surface area contributed by atoms with Crippen molar-refractivity contribution >= 4 is 16.8 Å². The molecule has 0 spiro atoms. The van der Waals surface area contributed by atoms with Crippen LogP contribution in [0.15, 0.2) is 48.7 Å². The minimum Gasteiger partial charge on any atom is -0.331 e. The number of rotatable bonds is 3. The van der Waals surface area contributed by atoms with Gasteiger partial charge in [-0.1, -0.05) is 24.3 Å². The lowest BCUT2D eigenvalue weighted by molar-refractivity contribution is 0.0706. The van der Waals surface area contributed by atoms with Crippen LogP contribution in [0.25, 0.3) is 10.9 Å². The third-order valence-corrected chi connectivity index (χ3v) is 4.80. The van der Waals surface area contributed by atoms with E-state index >= 15 is 0 Å². The van der Waals surface area contributed by atoms with Crippen LogP contribution in [-0.2, 0) is 13.1 Å². The number of aromatic nitrogens is 3. The van der Waals surface area contributed by atoms with E-state index in [1.807, 2.05) is 58.2 Å². The molecule has 6 nitrogen and oxygen atoms in total. The Labute approximate surface area is 153 Å². The van der Waals surface area contributed by atoms with Gasteiger partial charge in [-0.05, 0) is 32.3 Å². The molecule has 26 heavy (non-hydrogen) atoms. The Balaban J connectivity index is 1.64. The minimum atomic E-state index is -0.0193. The third kappa shape index (κ3) is 3.32. The van der Waals surface area contributed by atoms with Gasteiger partial charge in [0.2, 0.25) is 0 Å². The zero-order chi connectivity index (χ0) is 18.1. The average Bonchev–Trinajstić information content (AvgIpc) is 2.99. The van der Waals surface area contributed by atoms with Gasteiger partial charge in [0, 0.05) is 37.1 Å². The fourth-order valence-electron chi connectivity index (χ4n) is 3.67. The maximum Gasteiger partial charge on any atom is 0.272 e. The van der Waals surface area contributed by atoms with Gasteiger partial charge in [0.15, 0.2) is 0 Å². The van der Waals surface area contributed by atoms with E-state index < -0.39 is 0 Å². The molecule has 6 heteroatoms. The first-order valence-electron chi connectivity index (χ1n) is 8.90. The molecule has 1 aromatic carbocycles. The van der Waals surface area contributed by atoms with Crippen molar-refractivity contribution in [3.63, 3.8) is 0 Å². The molecule has 134 valence electrons. The fraction of sp³-hybridized carbons (Fsp3) is 0.350. The quantitative estimate of drug-likeness (QED) is 0.728. The van der Waals surface area contributed by atoms with Crippen LogP contribution >= 0.6 is 0 Å². The summed E-state index contributed by atoms with van der Waals surface area (Å²) >= 11 is 0. The molecule has 1 unspecified atom stereocenters. The summed E-state index contributed by atoms with van der Waals surface area (Å²) in [4.78, 5) is 21.8. The second kappa shape index (κ2) is 6.88. The summed E-state index contributed by atoms with van der Waals surface area (Å²) < 4.78 is 2.02. The molecule has 1 atom stereocenters. The van der Waals surface area contributed by atoms with Crippen molar-refractivity contribution in [2.45, 2.75) is 13.1 Å². The Kier molecular flexibility index (Phi) is 4.42. The maximum atomic E-state index is 13.2. The van der Waals surface area contributed by atoms with E-state index in [0.29, 0.717) is 24.7 Å². The molecule has 1 aliphatic rings. The lowest BCUT2D eigenvalue weighted by atomic mass is 10.1. The van der Waals surface area contributed by atoms with E-state index in [4.69, 9.17) is 0 Å². The molecule has 1 aliphatic heterocycles. The Morgan fingerprint density at radius 2 is 2.00 bits per heavy atom. The van der Waals surface area contributed by atoms with Gasteiger partial charge in [-0.3, -0.25) is 9.48 Å². The number of hydrogen-bond donors (Lipinski definition) is 0. The van der Waals surface area contributed by atoms with Gasteiger partial charge in [0.25, 0.3) is 5.91 Å². The van der Waals surface area contributed by atoms with Crippen molar-refractivity contribution in [1.82, 2.24) is 24.6 Å². The van der Waals surface area contributed by atoms with E-state index in [-0.39, 0.29) is 5.91 Å². The second-order valence-electron chi connectivity index (χ2n) is 7.21. The summed E-state index contributed by atoms with van der Waals surface area (Å²) in [5.41, 5.74) is 2.42. The number of carbonyl (C=O) groups excluding carboxylic acids is 1. The summed E-state index contributed by atoms with van der Waals surface area (Å²) in [7, 11) is 4.12. The van der Waals surface area contributed by atoms with Crippen molar-refractivity contribution in [3.8, 4) is 0 Å². The molecule has 0 N–H and O–H groups in total. The molecule has 0 saturated carbocycles. The molecule has 3 heterocycles. The minimum absolute atomic E-state index is 0.0193. The standard InChI is InChI=1S/C20H23N5O/c1-23(2)11-15-12-24(14-17-9-10-21-25(17)13-15)20(26)19-8-7-16-5-3-4-6-18(16)22-19/h3-10,15H,11-14H2,1-2H3. The van der Waals surface area contributed by atoms with E-state index in [9.17, 15) is 4.79 Å². The molecular weight excluding hydrogens is 326 g/mol. The van der Waals surface area contributed by atoms with E-state index in [2.05, 4.69) is 29.1 Å². The molecule has 0 bridgehead atoms. The number of benzene rings is 1. The Hall–Kier alpha value is -2.73. The summed E-state index contributed by atoms with van der Waals surface area (Å²) in [5, 5.41) is 5.47. The van der Waals surface area contributed by atoms with E-state index in [1.54, 1.807) is 0 Å². The second-order valence-corrected chi connectivity index (χ2v) is 7.21. The highest BCUT2D eigenvalue weighted by Gasteiger charge is 2.27. The Morgan fingerprint density at radius 1 is 1.15 bits per heavy atom. The molecule has 0 saturated heterocycles. The Bertz CT molecular complexity index is 933. The van der Waals surface area contributed by atoms with Crippen LogP contribution in [0.2, 0.25) is 0 Å². The van der Waals surface area contributed by atoms with Crippen LogP contribution in [-0.4, -0.2) is 57.7 Å². The molecule has 0 fully saturated rings. The summed E-state index contributed by atoms with van der Waals surface area (Å²) in [5.74, 6) is 0.310. The number of nitrogens with zero attached hydrogens (tertiary/aromatic N) is 5. The average molecular weight is 349 g/mol. The molecule has 4 rings (SSSR count). The lowest BCUT2D eigenvalue weighted by Crippen LogP contribution is -2.37. The van der Waals surface area contributed by atoms with Gasteiger partial charge >= 0.3 is 0 Å². The number of para-hydroxylation sites is 1. The van der Waals surface area contributed by atoms with Crippen LogP contribution < -0.4 is 0 Å². The normalized spacial score (nSPS) is 17.3. The third-order valence-electron chi connectivity index (χ3n) is 4.80. The van der Waals surface area contributed by atoms with Crippen LogP contribution in [0.1, 0.15) is 16.2 Å². The first-order chi connectivity index (χ1) is 12.6. The van der Waals surface area contributed by atoms with Crippen molar-refractivity contribution in [1.29, 1.82) is 0 Å². The predicted molar refractivity (Wildman–Crippen MR) is 101 cm³/mol. The zero-order valence-corrected chi connectivity index (χ0v) is 15.2. The predicted octanol–water partition coefficient (Wildman–Crippen LogP) is 2.27. The molecule has 3 aromatic rings. The molecule has 0 aliphatic carbocycles. The van der Waals surface area contributed by atoms with Gasteiger partial charge in [-0.25, -0.2) is 4.98 Å². The fourth-order valence-corrected chi connectivity index (χ4v) is 3.67. The number of fused-ring (bicyclic) bond motifs is 2. The van der Waals surface area contributed by atoms with Crippen LogP contribution in [0.3, 0.4) is 0 Å². The number of carbonyl (C=O) groups is 1. The highest BCUT2D eigenvalue weighted by molar-refractivity contribution is 5.94. The van der Waals surface area contributed by atoms with Gasteiger partial charge in [-0.15, -0.1) is 0 Å². The van der Waals surface area contributed by atoms with Crippen molar-refractivity contribution in [2.75, 3.05) is 27.2 Å². The Morgan fingerprint density at radius 3 is 2.85 bits per heavy atom. The number of pyridine rings is 1. The molecule has 2 aromatic heterocycles. The summed E-state index contributed by atoms with van der Waals surface area (Å²) in [6.07, 6.45) is 1.81. The van der Waals surface area contributed by atoms with E-state index in [0.717, 1.165) is 29.7 Å². The van der Waals surface area contributed by atoms with E-state index in [1.165, 1.54) is 0 Å². The SMILES string of the molecule is CN(C)CC1CN(C(=O)c2ccc3ccccc3n2)Cc2ccnn2C1. The number of hydrogen-bond acceptors (Lipinski definition) is 4. The highest BCUT2D eigenvalue weighted by Crippen LogP contribution is 2.19. The maximum absolute atomic E-state index is 13.2. The van der Waals surface area contributed by atoms with Crippen LogP contribution in [0, 0.1) is 5.92 Å². The van der Waals surface area contributed by atoms with Crippen LogP contribution in [0.4, 0.5) is 0 Å². The largest absolute Gasteiger partial charge is 0.331 e. The smallest absolute Gasteiger partial charge is 0.272 e. The van der Waals surface area contributed by atoms with Gasteiger partial charge in [0.1, 0.15) is 5.69 Å². The van der Waals surface area contributed by atoms with Gasteiger partial charge in [0.05, 0.1) is 17.8 Å². The lowest BCUT2D eigenvalue weighted by Gasteiger charge is -2.25. The van der Waals surface area contributed by atoms with Crippen molar-refractivity contribution < 1.29 is 4.79 Å². The van der Waals surface area contributed by atoms with Crippen molar-refractivity contribution in [3.05, 3.63) is 60.0 Å². The number of amides is 1. The molecule has 0 radical (unpaired) electrons. The highest BCUT2D eigenvalue weighted by atomic mass is 16.2. The zero-order valence-electron chi connectivity index (χ0n) is 15.2. The van der Waals surface area contributed by atoms with Crippen LogP contribution in [0.5, 0.6) is 0 Å². The van der Waals surface area contributed by atoms with Crippen molar-refractivity contribution in [2.24, 2.45) is 5.92 Å². The van der Waals surface area contributed by atoms with Gasteiger partial charge in [-0.2, -0.15) is 5.10 Å². The summed E-state index contributed by atoms with van der Waals surface area (Å²) in [6, 6.07) is 13.7. The first-order valence-corrected chi connectivity index (χ1v) is 8.90. The topological polar surface area (TPSA) is 54.3 Å². The first kappa shape index (κ1) is 16.7. The summed E-state index contributed by atoms with van der Waals surface area (Å²) in [6.45, 7) is 3.01. The van der Waals surface area contributed by atoms with Gasteiger partial charge < -0.3 is 9.80 Å². The molecule has 1 amide bonds. The monoisotopic (exact) mass is 349 g/mol. The molecular formula is C20H23N5O.